The number of benzene rings is 1. The third-order valence-electron chi connectivity index (χ3n) is 2.33. The number of rotatable bonds is 2. The van der Waals surface area contributed by atoms with Gasteiger partial charge in [-0.2, -0.15) is 0 Å². The molecule has 0 atom stereocenters. The molecule has 0 saturated carbocycles. The average molecular weight is 280 g/mol. The van der Waals surface area contributed by atoms with Crippen LogP contribution in [0.25, 0.3) is 0 Å². The first-order valence-corrected chi connectivity index (χ1v) is 5.88. The van der Waals surface area contributed by atoms with E-state index in [1.807, 2.05) is 13.0 Å². The summed E-state index contributed by atoms with van der Waals surface area (Å²) in [5, 5.41) is 5.14. The number of hydrogen-bond donors (Lipinski definition) is 2. The molecule has 6 heteroatoms. The normalized spacial score (nSPS) is 10.1. The van der Waals surface area contributed by atoms with E-state index in [4.69, 9.17) is 11.6 Å². The van der Waals surface area contributed by atoms with Gasteiger partial charge in [-0.1, -0.05) is 17.7 Å². The first-order valence-electron chi connectivity index (χ1n) is 5.50. The Labute approximate surface area is 114 Å². The Balaban J connectivity index is 2.03. The maximum Gasteiger partial charge on any atom is 0.324 e. The number of hydrogen-bond acceptors (Lipinski definition) is 2. The molecular weight excluding hydrogens is 269 g/mol. The van der Waals surface area contributed by atoms with Crippen molar-refractivity contribution in [1.29, 1.82) is 0 Å². The fourth-order valence-corrected chi connectivity index (χ4v) is 1.56. The van der Waals surface area contributed by atoms with Crippen molar-refractivity contribution in [3.8, 4) is 0 Å². The molecule has 0 aliphatic carbocycles. The van der Waals surface area contributed by atoms with Crippen molar-refractivity contribution in [2.24, 2.45) is 0 Å². The Morgan fingerprint density at radius 1 is 1.26 bits per heavy atom. The minimum Gasteiger partial charge on any atom is -0.305 e. The largest absolute Gasteiger partial charge is 0.324 e. The van der Waals surface area contributed by atoms with Crippen LogP contribution >= 0.6 is 11.6 Å². The van der Waals surface area contributed by atoms with Crippen LogP contribution in [-0.4, -0.2) is 11.0 Å². The second-order valence-electron chi connectivity index (χ2n) is 3.92. The highest BCUT2D eigenvalue weighted by atomic mass is 35.5. The maximum absolute atomic E-state index is 13.5. The van der Waals surface area contributed by atoms with Crippen LogP contribution in [-0.2, 0) is 0 Å². The molecule has 0 spiro atoms. The second-order valence-corrected chi connectivity index (χ2v) is 4.36. The zero-order valence-electron chi connectivity index (χ0n) is 10.1. The van der Waals surface area contributed by atoms with Gasteiger partial charge in [-0.15, -0.1) is 0 Å². The summed E-state index contributed by atoms with van der Waals surface area (Å²) in [7, 11) is 0. The summed E-state index contributed by atoms with van der Waals surface area (Å²) in [6.45, 7) is 1.89. The minimum atomic E-state index is -0.598. The van der Waals surface area contributed by atoms with E-state index >= 15 is 0 Å². The van der Waals surface area contributed by atoms with E-state index in [9.17, 15) is 9.18 Å². The fraction of sp³-hybridized carbons (Fsp3) is 0.0769. The van der Waals surface area contributed by atoms with E-state index < -0.39 is 11.8 Å². The highest BCUT2D eigenvalue weighted by Crippen LogP contribution is 2.19. The van der Waals surface area contributed by atoms with Gasteiger partial charge >= 0.3 is 6.03 Å². The van der Waals surface area contributed by atoms with Crippen molar-refractivity contribution >= 4 is 29.1 Å². The molecule has 0 aliphatic heterocycles. The second kappa shape index (κ2) is 5.67. The Kier molecular flexibility index (Phi) is 3.97. The van der Waals surface area contributed by atoms with Crippen molar-refractivity contribution in [2.75, 3.05) is 10.6 Å². The van der Waals surface area contributed by atoms with Gasteiger partial charge in [0.15, 0.2) is 0 Å². The predicted molar refractivity (Wildman–Crippen MR) is 73.0 cm³/mol. The number of carbonyl (C=O) groups is 1. The highest BCUT2D eigenvalue weighted by Gasteiger charge is 2.07. The lowest BCUT2D eigenvalue weighted by molar-refractivity contribution is 0.262. The molecule has 2 amide bonds. The number of aryl methyl sites for hydroxylation is 1. The number of aromatic nitrogens is 1. The van der Waals surface area contributed by atoms with Gasteiger partial charge in [0, 0.05) is 11.2 Å². The number of anilines is 2. The van der Waals surface area contributed by atoms with Crippen LogP contribution in [0.4, 0.5) is 20.7 Å². The summed E-state index contributed by atoms with van der Waals surface area (Å²) < 4.78 is 13.5. The van der Waals surface area contributed by atoms with E-state index in [1.54, 1.807) is 12.3 Å². The number of halogens is 2. The third kappa shape index (κ3) is 3.66. The summed E-state index contributed by atoms with van der Waals surface area (Å²) in [5.74, 6) is -0.211. The van der Waals surface area contributed by atoms with Crippen LogP contribution in [0.5, 0.6) is 0 Å². The molecular formula is C13H11ClFN3O. The summed E-state index contributed by atoms with van der Waals surface area (Å²) in [5.41, 5.74) is 1.03. The van der Waals surface area contributed by atoms with E-state index in [2.05, 4.69) is 15.6 Å². The summed E-state index contributed by atoms with van der Waals surface area (Å²) in [6, 6.07) is 6.90. The van der Waals surface area contributed by atoms with Crippen molar-refractivity contribution in [1.82, 2.24) is 4.98 Å². The van der Waals surface area contributed by atoms with Crippen molar-refractivity contribution in [3.63, 3.8) is 0 Å². The van der Waals surface area contributed by atoms with Crippen LogP contribution in [0.3, 0.4) is 0 Å². The topological polar surface area (TPSA) is 54.0 Å². The molecule has 1 heterocycles. The highest BCUT2D eigenvalue weighted by molar-refractivity contribution is 6.30. The van der Waals surface area contributed by atoms with Crippen molar-refractivity contribution in [3.05, 3.63) is 52.9 Å². The monoisotopic (exact) mass is 279 g/mol. The van der Waals surface area contributed by atoms with Gasteiger partial charge < -0.3 is 5.32 Å². The van der Waals surface area contributed by atoms with Gasteiger partial charge in [-0.05, 0) is 36.8 Å². The molecule has 0 fully saturated rings. The van der Waals surface area contributed by atoms with Gasteiger partial charge in [-0.25, -0.2) is 14.2 Å². The molecule has 4 nitrogen and oxygen atoms in total. The first kappa shape index (κ1) is 13.3. The van der Waals surface area contributed by atoms with E-state index in [0.717, 1.165) is 11.6 Å². The van der Waals surface area contributed by atoms with Crippen LogP contribution in [0, 0.1) is 12.7 Å². The standard InChI is InChI=1S/C13H11ClFN3O/c1-8-2-5-12(16-7-8)18-13(19)17-11-4-3-9(14)6-10(11)15/h2-7H,1H3,(H2,16,17,18,19). The number of nitrogens with zero attached hydrogens (tertiary/aromatic N) is 1. The van der Waals surface area contributed by atoms with Gasteiger partial charge in [0.1, 0.15) is 11.6 Å². The number of amides is 2. The molecule has 0 aliphatic rings. The quantitative estimate of drug-likeness (QED) is 0.878. The molecule has 0 unspecified atom stereocenters. The number of nitrogens with one attached hydrogen (secondary N) is 2. The molecule has 1 aromatic heterocycles. The number of pyridine rings is 1. The zero-order chi connectivity index (χ0) is 13.8. The molecule has 2 aromatic rings. The molecule has 2 N–H and O–H groups in total. The van der Waals surface area contributed by atoms with E-state index in [0.29, 0.717) is 5.82 Å². The molecule has 1 aromatic carbocycles. The lowest BCUT2D eigenvalue weighted by Gasteiger charge is -2.08. The summed E-state index contributed by atoms with van der Waals surface area (Å²) in [6.07, 6.45) is 1.62. The lowest BCUT2D eigenvalue weighted by Crippen LogP contribution is -2.20. The Morgan fingerprint density at radius 2 is 2.05 bits per heavy atom. The molecule has 0 bridgehead atoms. The molecule has 0 saturated heterocycles. The first-order chi connectivity index (χ1) is 9.04. The average Bonchev–Trinajstić information content (AvgIpc) is 2.36. The summed E-state index contributed by atoms with van der Waals surface area (Å²) >= 11 is 5.62. The lowest BCUT2D eigenvalue weighted by atomic mass is 10.3. The molecule has 2 rings (SSSR count). The number of carbonyl (C=O) groups excluding carboxylic acids is 1. The smallest absolute Gasteiger partial charge is 0.305 e. The van der Waals surface area contributed by atoms with Gasteiger partial charge in [-0.3, -0.25) is 5.32 Å². The summed E-state index contributed by atoms with van der Waals surface area (Å²) in [4.78, 5) is 15.7. The van der Waals surface area contributed by atoms with Gasteiger partial charge in [0.2, 0.25) is 0 Å². The van der Waals surface area contributed by atoms with Crippen molar-refractivity contribution < 1.29 is 9.18 Å². The van der Waals surface area contributed by atoms with E-state index in [1.165, 1.54) is 12.1 Å². The molecule has 98 valence electrons. The molecule has 19 heavy (non-hydrogen) atoms. The van der Waals surface area contributed by atoms with Gasteiger partial charge in [0.25, 0.3) is 0 Å². The van der Waals surface area contributed by atoms with E-state index in [-0.39, 0.29) is 10.7 Å². The van der Waals surface area contributed by atoms with Crippen molar-refractivity contribution in [2.45, 2.75) is 6.92 Å². The maximum atomic E-state index is 13.5. The van der Waals surface area contributed by atoms with Crippen LogP contribution < -0.4 is 10.6 Å². The van der Waals surface area contributed by atoms with Crippen LogP contribution in [0.2, 0.25) is 5.02 Å². The Bertz CT molecular complexity index is 601. The Morgan fingerprint density at radius 3 is 2.68 bits per heavy atom. The number of urea groups is 1. The van der Waals surface area contributed by atoms with Crippen LogP contribution in [0.15, 0.2) is 36.5 Å². The fourth-order valence-electron chi connectivity index (χ4n) is 1.40. The predicted octanol–water partition coefficient (Wildman–Crippen LogP) is 3.83. The molecule has 0 radical (unpaired) electrons. The van der Waals surface area contributed by atoms with Gasteiger partial charge in [0.05, 0.1) is 5.69 Å². The van der Waals surface area contributed by atoms with Crippen LogP contribution in [0.1, 0.15) is 5.56 Å². The third-order valence-corrected chi connectivity index (χ3v) is 2.57. The SMILES string of the molecule is Cc1ccc(NC(=O)Nc2ccc(Cl)cc2F)nc1. The minimum absolute atomic E-state index is 0.0500. The zero-order valence-corrected chi connectivity index (χ0v) is 10.8. The Hall–Kier alpha value is -2.14.